The maximum absolute atomic E-state index is 11.6. The third-order valence-corrected chi connectivity index (χ3v) is 8.77. The van der Waals surface area contributed by atoms with Gasteiger partial charge < -0.3 is 44.4 Å². The molecular weight excluding hydrogens is 664 g/mol. The lowest BCUT2D eigenvalue weighted by Gasteiger charge is -2.45. The Morgan fingerprint density at radius 2 is 1.23 bits per heavy atom. The van der Waals surface area contributed by atoms with E-state index in [1.165, 1.54) is 0 Å². The van der Waals surface area contributed by atoms with Gasteiger partial charge in [0, 0.05) is 4.91 Å². The number of azide groups is 1. The molecule has 1 fully saturated rings. The molecule has 276 valence electrons. The Morgan fingerprint density at radius 1 is 0.731 bits per heavy atom. The van der Waals surface area contributed by atoms with Gasteiger partial charge in [-0.3, -0.25) is 0 Å². The fourth-order valence-electron chi connectivity index (χ4n) is 6.05. The molecule has 4 aromatic rings. The van der Waals surface area contributed by atoms with Gasteiger partial charge in [-0.2, -0.15) is 0 Å². The highest BCUT2D eigenvalue weighted by Gasteiger charge is 2.48. The molecular formula is C40H48N4O8. The molecule has 0 radical (unpaired) electrons. The van der Waals surface area contributed by atoms with Gasteiger partial charge in [0.25, 0.3) is 0 Å². The first-order valence-corrected chi connectivity index (χ1v) is 17.5. The molecule has 0 aliphatic carbocycles. The van der Waals surface area contributed by atoms with Gasteiger partial charge in [0.05, 0.1) is 51.8 Å². The molecule has 3 unspecified atom stereocenters. The third-order valence-electron chi connectivity index (χ3n) is 8.77. The van der Waals surface area contributed by atoms with Gasteiger partial charge in [0.1, 0.15) is 30.5 Å². The Hall–Kier alpha value is -4.17. The predicted octanol–water partition coefficient (Wildman–Crippen LogP) is 5.45. The van der Waals surface area contributed by atoms with Crippen molar-refractivity contribution in [3.63, 3.8) is 0 Å². The minimum atomic E-state index is -1.26. The number of aliphatic hydroxyl groups is 2. The Bertz CT molecular complexity index is 1600. The lowest BCUT2D eigenvalue weighted by atomic mass is 9.96. The molecule has 1 aliphatic heterocycles. The molecule has 12 nitrogen and oxygen atoms in total. The number of aliphatic hydroxyl groups excluding tert-OH is 2. The maximum Gasteiger partial charge on any atom is 0.169 e. The summed E-state index contributed by atoms with van der Waals surface area (Å²) in [6, 6.07) is 37.2. The molecule has 4 N–H and O–H groups in total. The SMILES string of the molecule is [N-]=[N+]=NC1C(OCc2ccccc2)[C@H](O)C(COCc2ccccc2)O[C@H]1O[C@@H]([C@H](CO)OCc1ccccc1)[C@@H](CCN)OCc1ccccc1. The van der Waals surface area contributed by atoms with Crippen LogP contribution in [0, 0.1) is 0 Å². The third kappa shape index (κ3) is 11.7. The number of nitrogens with zero attached hydrogens (tertiary/aromatic N) is 3. The van der Waals surface area contributed by atoms with Crippen LogP contribution in [-0.4, -0.2) is 78.9 Å². The summed E-state index contributed by atoms with van der Waals surface area (Å²) in [5.41, 5.74) is 19.5. The van der Waals surface area contributed by atoms with E-state index in [4.69, 9.17) is 34.2 Å². The highest BCUT2D eigenvalue weighted by Crippen LogP contribution is 2.31. The standard InChI is InChI=1S/C40H48N4O8/c41-22-21-33(48-25-30-15-7-2-8-16-30)38(34(23-45)49-26-31-17-9-3-10-18-31)52-40-36(43-44-42)39(50-27-32-19-11-4-12-20-32)37(46)35(51-40)28-47-24-29-13-5-1-6-14-29/h1-20,33-40,45-46H,21-28,41H2/t33-,34+,35?,36?,37-,38-,39?,40+/m1/s1. The zero-order valence-corrected chi connectivity index (χ0v) is 29.1. The van der Waals surface area contributed by atoms with Crippen LogP contribution in [0.2, 0.25) is 0 Å². The highest BCUT2D eigenvalue weighted by molar-refractivity contribution is 5.16. The predicted molar refractivity (Wildman–Crippen MR) is 194 cm³/mol. The van der Waals surface area contributed by atoms with Crippen molar-refractivity contribution in [3.05, 3.63) is 154 Å². The van der Waals surface area contributed by atoms with Crippen molar-refractivity contribution in [1.29, 1.82) is 0 Å². The van der Waals surface area contributed by atoms with Crippen LogP contribution in [0.15, 0.2) is 126 Å². The average Bonchev–Trinajstić information content (AvgIpc) is 3.19. The molecule has 0 aromatic heterocycles. The Kier molecular flexibility index (Phi) is 16.1. The normalized spacial score (nSPS) is 21.9. The lowest BCUT2D eigenvalue weighted by Crippen LogP contribution is -2.61. The fraction of sp³-hybridized carbons (Fsp3) is 0.400. The van der Waals surface area contributed by atoms with E-state index < -0.39 is 55.6 Å². The van der Waals surface area contributed by atoms with Crippen LogP contribution >= 0.6 is 0 Å². The fourth-order valence-corrected chi connectivity index (χ4v) is 6.05. The molecule has 5 rings (SSSR count). The topological polar surface area (TPSA) is 171 Å². The van der Waals surface area contributed by atoms with Crippen molar-refractivity contribution < 1.29 is 38.6 Å². The number of rotatable bonds is 21. The van der Waals surface area contributed by atoms with Crippen LogP contribution in [0.3, 0.4) is 0 Å². The smallest absolute Gasteiger partial charge is 0.169 e. The monoisotopic (exact) mass is 712 g/mol. The van der Waals surface area contributed by atoms with Crippen LogP contribution < -0.4 is 5.73 Å². The van der Waals surface area contributed by atoms with Gasteiger partial charge in [0.15, 0.2) is 6.29 Å². The lowest BCUT2D eigenvalue weighted by molar-refractivity contribution is -0.307. The van der Waals surface area contributed by atoms with Crippen molar-refractivity contribution in [2.45, 2.75) is 81.8 Å². The minimum absolute atomic E-state index is 0.0144. The number of hydrogen-bond donors (Lipinski definition) is 3. The summed E-state index contributed by atoms with van der Waals surface area (Å²) in [7, 11) is 0. The van der Waals surface area contributed by atoms with Crippen LogP contribution in [0.25, 0.3) is 10.4 Å². The zero-order chi connectivity index (χ0) is 36.4. The van der Waals surface area contributed by atoms with Gasteiger partial charge in [0.2, 0.25) is 0 Å². The van der Waals surface area contributed by atoms with Crippen molar-refractivity contribution in [2.24, 2.45) is 10.8 Å². The molecule has 52 heavy (non-hydrogen) atoms. The van der Waals surface area contributed by atoms with Crippen molar-refractivity contribution in [3.8, 4) is 0 Å². The highest BCUT2D eigenvalue weighted by atomic mass is 16.7. The summed E-state index contributed by atoms with van der Waals surface area (Å²) in [4.78, 5) is 3.09. The van der Waals surface area contributed by atoms with Crippen molar-refractivity contribution in [2.75, 3.05) is 19.8 Å². The summed E-state index contributed by atoms with van der Waals surface area (Å²) >= 11 is 0. The zero-order valence-electron chi connectivity index (χ0n) is 29.1. The van der Waals surface area contributed by atoms with Crippen LogP contribution in [0.4, 0.5) is 0 Å². The van der Waals surface area contributed by atoms with Crippen LogP contribution in [0.5, 0.6) is 0 Å². The molecule has 0 saturated carbocycles. The summed E-state index contributed by atoms with van der Waals surface area (Å²) in [6.07, 6.45) is -6.69. The minimum Gasteiger partial charge on any atom is -0.394 e. The maximum atomic E-state index is 11.6. The molecule has 1 saturated heterocycles. The molecule has 8 atom stereocenters. The number of benzene rings is 4. The summed E-state index contributed by atoms with van der Waals surface area (Å²) < 4.78 is 38.2. The van der Waals surface area contributed by atoms with E-state index in [0.29, 0.717) is 6.42 Å². The van der Waals surface area contributed by atoms with Gasteiger partial charge >= 0.3 is 0 Å². The first kappa shape index (κ1) is 39.0. The van der Waals surface area contributed by atoms with Crippen LogP contribution in [-0.2, 0) is 54.8 Å². The Balaban J connectivity index is 1.44. The molecule has 0 bridgehead atoms. The average molecular weight is 713 g/mol. The van der Waals surface area contributed by atoms with E-state index in [0.717, 1.165) is 22.3 Å². The quantitative estimate of drug-likeness (QED) is 0.0578. The van der Waals surface area contributed by atoms with Gasteiger partial charge in [-0.1, -0.05) is 126 Å². The van der Waals surface area contributed by atoms with E-state index in [2.05, 4.69) is 10.0 Å². The second-order valence-electron chi connectivity index (χ2n) is 12.5. The Labute approximate surface area is 304 Å². The van der Waals surface area contributed by atoms with E-state index in [1.807, 2.05) is 121 Å². The van der Waals surface area contributed by atoms with Crippen molar-refractivity contribution in [1.82, 2.24) is 0 Å². The second-order valence-corrected chi connectivity index (χ2v) is 12.5. The van der Waals surface area contributed by atoms with Gasteiger partial charge in [-0.15, -0.1) is 0 Å². The first-order chi connectivity index (χ1) is 25.6. The summed E-state index contributed by atoms with van der Waals surface area (Å²) in [6.45, 7) is 0.643. The summed E-state index contributed by atoms with van der Waals surface area (Å²) in [5.74, 6) is 0. The van der Waals surface area contributed by atoms with E-state index in [1.54, 1.807) is 0 Å². The number of ether oxygens (including phenoxy) is 6. The number of nitrogens with two attached hydrogens (primary N) is 1. The largest absolute Gasteiger partial charge is 0.394 e. The molecule has 0 spiro atoms. The first-order valence-electron chi connectivity index (χ1n) is 17.5. The molecule has 1 aliphatic rings. The molecule has 0 amide bonds. The van der Waals surface area contributed by atoms with Crippen molar-refractivity contribution >= 4 is 0 Å². The van der Waals surface area contributed by atoms with Gasteiger partial charge in [-0.05, 0) is 40.8 Å². The Morgan fingerprint density at radius 3 is 1.73 bits per heavy atom. The van der Waals surface area contributed by atoms with E-state index in [-0.39, 0.29) is 39.6 Å². The molecule has 4 aromatic carbocycles. The van der Waals surface area contributed by atoms with E-state index in [9.17, 15) is 15.7 Å². The molecule has 1 heterocycles. The second kappa shape index (κ2) is 21.4. The van der Waals surface area contributed by atoms with E-state index >= 15 is 0 Å². The molecule has 12 heteroatoms. The van der Waals surface area contributed by atoms with Crippen LogP contribution in [0.1, 0.15) is 28.7 Å². The number of hydrogen-bond acceptors (Lipinski definition) is 10. The summed E-state index contributed by atoms with van der Waals surface area (Å²) in [5, 5.41) is 26.4. The van der Waals surface area contributed by atoms with Gasteiger partial charge in [-0.25, -0.2) is 0 Å².